The van der Waals surface area contributed by atoms with E-state index in [4.69, 9.17) is 9.72 Å². The third kappa shape index (κ3) is 9.10. The molecule has 6 nitrogen and oxygen atoms in total. The second-order valence-electron chi connectivity index (χ2n) is 11.6. The van der Waals surface area contributed by atoms with Crippen molar-refractivity contribution in [2.45, 2.75) is 63.3 Å². The third-order valence-electron chi connectivity index (χ3n) is 8.27. The maximum Gasteiger partial charge on any atom is 0.326 e. The van der Waals surface area contributed by atoms with Crippen LogP contribution in [0.15, 0.2) is 120 Å². The Balaban J connectivity index is 1.28. The zero-order valence-corrected chi connectivity index (χ0v) is 27.6. The molecule has 1 heterocycles. The molecule has 0 bridgehead atoms. The lowest BCUT2D eigenvalue weighted by Gasteiger charge is -2.26. The lowest BCUT2D eigenvalue weighted by atomic mass is 9.88. The second-order valence-corrected chi connectivity index (χ2v) is 12.6. The quantitative estimate of drug-likeness (QED) is 0.0623. The summed E-state index contributed by atoms with van der Waals surface area (Å²) in [5.74, 6) is 0.639. The van der Waals surface area contributed by atoms with Crippen LogP contribution in [0.25, 0.3) is 11.0 Å². The smallest absolute Gasteiger partial charge is 0.326 e. The summed E-state index contributed by atoms with van der Waals surface area (Å²) < 4.78 is 7.53. The number of hydrogen-bond donors (Lipinski definition) is 0. The number of esters is 1. The van der Waals surface area contributed by atoms with Crippen LogP contribution in [0.1, 0.15) is 55.7 Å². The Morgan fingerprint density at radius 1 is 0.826 bits per heavy atom. The van der Waals surface area contributed by atoms with Gasteiger partial charge in [-0.2, -0.15) is 0 Å². The van der Waals surface area contributed by atoms with Gasteiger partial charge in [0, 0.05) is 31.2 Å². The van der Waals surface area contributed by atoms with Gasteiger partial charge in [0.05, 0.1) is 17.1 Å². The SMILES string of the molecule is CCC(C)OC(=O)Cn1c(SCCCN(CCc2ccccc2)C(=O)CC(c2ccccc2)c2ccccc2)nc2ccccc21. The average molecular weight is 634 g/mol. The van der Waals surface area contributed by atoms with Gasteiger partial charge in [0.25, 0.3) is 0 Å². The van der Waals surface area contributed by atoms with Gasteiger partial charge < -0.3 is 14.2 Å². The standard InChI is InChI=1S/C39H43N3O3S/c1-3-30(2)45-38(44)29-42-36-23-14-13-22-35(36)40-39(42)46-27-15-25-41(26-24-31-16-7-4-8-17-31)37(43)28-34(32-18-9-5-10-19-32)33-20-11-6-12-21-33/h4-14,16-23,30,34H,3,15,24-29H2,1-2H3. The van der Waals surface area contributed by atoms with E-state index in [0.29, 0.717) is 19.5 Å². The number of amides is 1. The summed E-state index contributed by atoms with van der Waals surface area (Å²) in [6, 6.07) is 38.9. The van der Waals surface area contributed by atoms with Crippen molar-refractivity contribution < 1.29 is 14.3 Å². The molecule has 1 unspecified atom stereocenters. The van der Waals surface area contributed by atoms with Crippen LogP contribution >= 0.6 is 11.8 Å². The molecule has 0 aliphatic heterocycles. The molecule has 0 saturated heterocycles. The summed E-state index contributed by atoms with van der Waals surface area (Å²) in [5.41, 5.74) is 5.28. The maximum atomic E-state index is 14.0. The zero-order valence-electron chi connectivity index (χ0n) is 26.8. The number of carbonyl (C=O) groups excluding carboxylic acids is 2. The van der Waals surface area contributed by atoms with Crippen LogP contribution in [0.4, 0.5) is 0 Å². The molecule has 46 heavy (non-hydrogen) atoms. The molecule has 0 aliphatic carbocycles. The van der Waals surface area contributed by atoms with E-state index in [2.05, 4.69) is 36.4 Å². The highest BCUT2D eigenvalue weighted by atomic mass is 32.2. The molecule has 5 aromatic rings. The number of ether oxygens (including phenoxy) is 1. The molecule has 238 valence electrons. The van der Waals surface area contributed by atoms with Gasteiger partial charge in [0.1, 0.15) is 6.54 Å². The van der Waals surface area contributed by atoms with E-state index in [1.807, 2.05) is 102 Å². The lowest BCUT2D eigenvalue weighted by molar-refractivity contribution is -0.149. The molecule has 0 radical (unpaired) electrons. The van der Waals surface area contributed by atoms with Crippen molar-refractivity contribution in [3.05, 3.63) is 132 Å². The molecule has 1 aromatic heterocycles. The first-order chi connectivity index (χ1) is 22.5. The Labute approximate surface area is 276 Å². The molecule has 0 N–H and O–H groups in total. The van der Waals surface area contributed by atoms with E-state index in [9.17, 15) is 9.59 Å². The number of benzene rings is 4. The number of hydrogen-bond acceptors (Lipinski definition) is 5. The summed E-state index contributed by atoms with van der Waals surface area (Å²) in [7, 11) is 0. The monoisotopic (exact) mass is 633 g/mol. The number of carbonyl (C=O) groups is 2. The van der Waals surface area contributed by atoms with E-state index < -0.39 is 0 Å². The number of para-hydroxylation sites is 2. The van der Waals surface area contributed by atoms with Gasteiger partial charge in [-0.15, -0.1) is 0 Å². The summed E-state index contributed by atoms with van der Waals surface area (Å²) in [5, 5.41) is 0.790. The van der Waals surface area contributed by atoms with Crippen molar-refractivity contribution in [2.75, 3.05) is 18.8 Å². The lowest BCUT2D eigenvalue weighted by Crippen LogP contribution is -2.35. The van der Waals surface area contributed by atoms with Gasteiger partial charge in [-0.05, 0) is 55.0 Å². The fraction of sp³-hybridized carbons (Fsp3) is 0.308. The Kier molecular flexibility index (Phi) is 12.1. The van der Waals surface area contributed by atoms with E-state index in [-0.39, 0.29) is 30.4 Å². The fourth-order valence-corrected chi connectivity index (χ4v) is 6.52. The maximum absolute atomic E-state index is 14.0. The van der Waals surface area contributed by atoms with Crippen LogP contribution in [0.5, 0.6) is 0 Å². The normalized spacial score (nSPS) is 11.9. The number of fused-ring (bicyclic) bond motifs is 1. The minimum atomic E-state index is -0.261. The predicted molar refractivity (Wildman–Crippen MR) is 187 cm³/mol. The molecule has 0 saturated carbocycles. The summed E-state index contributed by atoms with van der Waals surface area (Å²) in [6.07, 6.45) is 2.66. The zero-order chi connectivity index (χ0) is 32.1. The van der Waals surface area contributed by atoms with Crippen LogP contribution < -0.4 is 0 Å². The molecular formula is C39H43N3O3S. The Hall–Kier alpha value is -4.36. The molecule has 5 rings (SSSR count). The first-order valence-electron chi connectivity index (χ1n) is 16.2. The van der Waals surface area contributed by atoms with Gasteiger partial charge in [-0.25, -0.2) is 4.98 Å². The highest BCUT2D eigenvalue weighted by Crippen LogP contribution is 2.29. The topological polar surface area (TPSA) is 64.4 Å². The predicted octanol–water partition coefficient (Wildman–Crippen LogP) is 8.15. The van der Waals surface area contributed by atoms with Crippen molar-refractivity contribution in [1.29, 1.82) is 0 Å². The minimum Gasteiger partial charge on any atom is -0.461 e. The van der Waals surface area contributed by atoms with E-state index in [0.717, 1.165) is 52.3 Å². The average Bonchev–Trinajstić information content (AvgIpc) is 3.44. The largest absolute Gasteiger partial charge is 0.461 e. The molecule has 0 aliphatic rings. The van der Waals surface area contributed by atoms with Gasteiger partial charge in [-0.3, -0.25) is 9.59 Å². The Bertz CT molecular complexity index is 1640. The summed E-state index contributed by atoms with van der Waals surface area (Å²) in [6.45, 7) is 5.33. The number of thioether (sulfide) groups is 1. The van der Waals surface area contributed by atoms with Crippen LogP contribution in [0.2, 0.25) is 0 Å². The summed E-state index contributed by atoms with van der Waals surface area (Å²) >= 11 is 1.62. The molecule has 4 aromatic carbocycles. The Morgan fingerprint density at radius 2 is 1.43 bits per heavy atom. The fourth-order valence-electron chi connectivity index (χ4n) is 5.58. The molecule has 1 amide bonds. The van der Waals surface area contributed by atoms with Crippen molar-refractivity contribution in [3.8, 4) is 0 Å². The molecule has 0 spiro atoms. The van der Waals surface area contributed by atoms with Crippen LogP contribution in [0.3, 0.4) is 0 Å². The molecule has 1 atom stereocenters. The summed E-state index contributed by atoms with van der Waals surface area (Å²) in [4.78, 5) is 33.6. The van der Waals surface area contributed by atoms with E-state index in [1.54, 1.807) is 11.8 Å². The Morgan fingerprint density at radius 3 is 2.09 bits per heavy atom. The van der Waals surface area contributed by atoms with Crippen LogP contribution in [0, 0.1) is 0 Å². The van der Waals surface area contributed by atoms with Crippen LogP contribution in [-0.2, 0) is 27.3 Å². The second kappa shape index (κ2) is 16.8. The first kappa shape index (κ1) is 33.0. The minimum absolute atomic E-state index is 0.0152. The number of nitrogens with zero attached hydrogens (tertiary/aromatic N) is 3. The van der Waals surface area contributed by atoms with Crippen molar-refractivity contribution in [3.63, 3.8) is 0 Å². The van der Waals surface area contributed by atoms with Gasteiger partial charge in [0.2, 0.25) is 5.91 Å². The number of rotatable bonds is 16. The third-order valence-corrected chi connectivity index (χ3v) is 9.33. The highest BCUT2D eigenvalue weighted by molar-refractivity contribution is 7.99. The van der Waals surface area contributed by atoms with Crippen molar-refractivity contribution >= 4 is 34.7 Å². The van der Waals surface area contributed by atoms with E-state index >= 15 is 0 Å². The number of aromatic nitrogens is 2. The van der Waals surface area contributed by atoms with Crippen LogP contribution in [-0.4, -0.2) is 51.3 Å². The first-order valence-corrected chi connectivity index (χ1v) is 17.2. The molecule has 7 heteroatoms. The van der Waals surface area contributed by atoms with Gasteiger partial charge >= 0.3 is 5.97 Å². The van der Waals surface area contributed by atoms with Gasteiger partial charge in [0.15, 0.2) is 5.16 Å². The number of imidazole rings is 1. The van der Waals surface area contributed by atoms with Crippen molar-refractivity contribution in [2.24, 2.45) is 0 Å². The molecule has 0 fully saturated rings. The highest BCUT2D eigenvalue weighted by Gasteiger charge is 2.23. The van der Waals surface area contributed by atoms with E-state index in [1.165, 1.54) is 5.56 Å². The van der Waals surface area contributed by atoms with Crippen molar-refractivity contribution in [1.82, 2.24) is 14.5 Å². The molecular weight excluding hydrogens is 591 g/mol. The van der Waals surface area contributed by atoms with Gasteiger partial charge in [-0.1, -0.05) is 122 Å².